The summed E-state index contributed by atoms with van der Waals surface area (Å²) in [5.74, 6) is -4.05. The molecule has 1 fully saturated rings. The highest BCUT2D eigenvalue weighted by Gasteiger charge is 2.23. The second-order valence-corrected chi connectivity index (χ2v) is 6.19. The van der Waals surface area contributed by atoms with Gasteiger partial charge in [-0.05, 0) is 19.4 Å². The Bertz CT molecular complexity index is 572. The first-order chi connectivity index (χ1) is 8.87. The van der Waals surface area contributed by atoms with Crippen molar-refractivity contribution in [1.29, 1.82) is 0 Å². The van der Waals surface area contributed by atoms with Gasteiger partial charge in [0.15, 0.2) is 11.6 Å². The molecule has 4 nitrogen and oxygen atoms in total. The van der Waals surface area contributed by atoms with Gasteiger partial charge < -0.3 is 5.32 Å². The Morgan fingerprint density at radius 1 is 1.21 bits per heavy atom. The lowest BCUT2D eigenvalue weighted by Crippen LogP contribution is -2.33. The maximum Gasteiger partial charge on any atom is 0.234 e. The first kappa shape index (κ1) is 14.1. The monoisotopic (exact) mass is 294 g/mol. The highest BCUT2D eigenvalue weighted by atomic mass is 32.2. The van der Waals surface area contributed by atoms with E-state index in [-0.39, 0.29) is 11.8 Å². The highest BCUT2D eigenvalue weighted by molar-refractivity contribution is 7.92. The van der Waals surface area contributed by atoms with E-state index in [1.807, 2.05) is 4.72 Å². The highest BCUT2D eigenvalue weighted by Crippen LogP contribution is 2.20. The van der Waals surface area contributed by atoms with E-state index in [4.69, 9.17) is 0 Å². The largest absolute Gasteiger partial charge is 0.313 e. The molecule has 1 unspecified atom stereocenters. The molecular formula is C11H13F3N2O2S. The van der Waals surface area contributed by atoms with E-state index in [9.17, 15) is 21.6 Å². The summed E-state index contributed by atoms with van der Waals surface area (Å²) in [4.78, 5) is 0. The summed E-state index contributed by atoms with van der Waals surface area (Å²) in [6.45, 7) is 0.736. The first-order valence-corrected chi connectivity index (χ1v) is 7.41. The van der Waals surface area contributed by atoms with Gasteiger partial charge >= 0.3 is 0 Å². The fourth-order valence-electron chi connectivity index (χ4n) is 1.97. The average Bonchev–Trinajstić information content (AvgIpc) is 2.77. The molecule has 0 spiro atoms. The van der Waals surface area contributed by atoms with Gasteiger partial charge in [-0.3, -0.25) is 4.72 Å². The van der Waals surface area contributed by atoms with E-state index < -0.39 is 33.2 Å². The smallest absolute Gasteiger partial charge is 0.234 e. The summed E-state index contributed by atoms with van der Waals surface area (Å²) in [5, 5.41) is 2.99. The van der Waals surface area contributed by atoms with Crippen LogP contribution in [0.3, 0.4) is 0 Å². The molecule has 1 aliphatic heterocycles. The van der Waals surface area contributed by atoms with Gasteiger partial charge in [-0.15, -0.1) is 0 Å². The molecule has 2 rings (SSSR count). The summed E-state index contributed by atoms with van der Waals surface area (Å²) in [6.07, 6.45) is 1.58. The van der Waals surface area contributed by atoms with Gasteiger partial charge in [0, 0.05) is 18.2 Å². The van der Waals surface area contributed by atoms with E-state index in [1.54, 1.807) is 0 Å². The van der Waals surface area contributed by atoms with Crippen molar-refractivity contribution in [3.05, 3.63) is 29.6 Å². The number of benzene rings is 1. The topological polar surface area (TPSA) is 58.2 Å². The number of nitrogens with one attached hydrogen (secondary N) is 2. The minimum atomic E-state index is -3.81. The lowest BCUT2D eigenvalue weighted by Gasteiger charge is -2.13. The van der Waals surface area contributed by atoms with Gasteiger partial charge in [-0.1, -0.05) is 0 Å². The molecule has 1 aliphatic rings. The molecule has 19 heavy (non-hydrogen) atoms. The Kier molecular flexibility index (Phi) is 4.00. The zero-order valence-corrected chi connectivity index (χ0v) is 10.7. The third-order valence-electron chi connectivity index (χ3n) is 2.86. The summed E-state index contributed by atoms with van der Waals surface area (Å²) in [6, 6.07) is 0.594. The third kappa shape index (κ3) is 3.60. The van der Waals surface area contributed by atoms with Crippen molar-refractivity contribution in [3.8, 4) is 0 Å². The van der Waals surface area contributed by atoms with Gasteiger partial charge in [0.25, 0.3) is 0 Å². The number of rotatable bonds is 4. The second-order valence-electron chi connectivity index (χ2n) is 4.42. The van der Waals surface area contributed by atoms with E-state index >= 15 is 0 Å². The predicted octanol–water partition coefficient (Wildman–Crippen LogP) is 1.60. The van der Waals surface area contributed by atoms with Gasteiger partial charge in [-0.2, -0.15) is 0 Å². The fourth-order valence-corrected chi connectivity index (χ4v) is 3.36. The molecule has 1 atom stereocenters. The van der Waals surface area contributed by atoms with Crippen LogP contribution in [0.1, 0.15) is 12.8 Å². The predicted molar refractivity (Wildman–Crippen MR) is 64.8 cm³/mol. The SMILES string of the molecule is O=S(=O)(CC1CCCN1)Nc1cc(F)c(F)cc1F. The lowest BCUT2D eigenvalue weighted by atomic mass is 10.3. The molecule has 2 N–H and O–H groups in total. The molecule has 0 aromatic heterocycles. The van der Waals surface area contributed by atoms with Gasteiger partial charge in [0.05, 0.1) is 11.4 Å². The van der Waals surface area contributed by atoms with Crippen LogP contribution < -0.4 is 10.0 Å². The van der Waals surface area contributed by atoms with Crippen molar-refractivity contribution >= 4 is 15.7 Å². The summed E-state index contributed by atoms with van der Waals surface area (Å²) in [5.41, 5.74) is -0.586. The molecular weight excluding hydrogens is 281 g/mol. The lowest BCUT2D eigenvalue weighted by molar-refractivity contribution is 0.496. The van der Waals surface area contributed by atoms with Crippen molar-refractivity contribution < 1.29 is 21.6 Å². The second kappa shape index (κ2) is 5.38. The van der Waals surface area contributed by atoms with Gasteiger partial charge in [0.1, 0.15) is 5.82 Å². The normalized spacial score (nSPS) is 19.6. The van der Waals surface area contributed by atoms with Crippen LogP contribution in [0.25, 0.3) is 0 Å². The average molecular weight is 294 g/mol. The molecule has 0 bridgehead atoms. The van der Waals surface area contributed by atoms with Gasteiger partial charge in [-0.25, -0.2) is 21.6 Å². The molecule has 0 radical (unpaired) electrons. The van der Waals surface area contributed by atoms with Crippen LogP contribution in [-0.4, -0.2) is 26.8 Å². The molecule has 106 valence electrons. The fraction of sp³-hybridized carbons (Fsp3) is 0.455. The maximum atomic E-state index is 13.3. The zero-order valence-electron chi connectivity index (χ0n) is 9.92. The zero-order chi connectivity index (χ0) is 14.0. The van der Waals surface area contributed by atoms with Crippen LogP contribution in [0.4, 0.5) is 18.9 Å². The standard InChI is InChI=1S/C11H13F3N2O2S/c12-8-4-10(14)11(5-9(8)13)16-19(17,18)6-7-2-1-3-15-7/h4-5,7,15-16H,1-3,6H2. The van der Waals surface area contributed by atoms with Crippen LogP contribution in [0.5, 0.6) is 0 Å². The Labute approximate surface area is 109 Å². The van der Waals surface area contributed by atoms with Gasteiger partial charge in [0.2, 0.25) is 10.0 Å². The minimum absolute atomic E-state index is 0.203. The molecule has 1 aromatic rings. The maximum absolute atomic E-state index is 13.3. The van der Waals surface area contributed by atoms with Crippen LogP contribution in [0, 0.1) is 17.5 Å². The number of sulfonamides is 1. The van der Waals surface area contributed by atoms with Crippen molar-refractivity contribution in [1.82, 2.24) is 5.32 Å². The van der Waals surface area contributed by atoms with Crippen LogP contribution in [0.15, 0.2) is 12.1 Å². The van der Waals surface area contributed by atoms with Crippen molar-refractivity contribution in [2.75, 3.05) is 17.0 Å². The van der Waals surface area contributed by atoms with Crippen molar-refractivity contribution in [3.63, 3.8) is 0 Å². The Hall–Kier alpha value is -1.28. The number of hydrogen-bond donors (Lipinski definition) is 2. The van der Waals surface area contributed by atoms with E-state index in [2.05, 4.69) is 5.32 Å². The minimum Gasteiger partial charge on any atom is -0.313 e. The summed E-state index contributed by atoms with van der Waals surface area (Å²) >= 11 is 0. The Morgan fingerprint density at radius 3 is 2.53 bits per heavy atom. The quantitative estimate of drug-likeness (QED) is 0.829. The molecule has 1 heterocycles. The Balaban J connectivity index is 2.13. The molecule has 1 saturated heterocycles. The molecule has 8 heteroatoms. The van der Waals surface area contributed by atoms with E-state index in [0.717, 1.165) is 13.0 Å². The summed E-state index contributed by atoms with van der Waals surface area (Å²) in [7, 11) is -3.81. The van der Waals surface area contributed by atoms with Crippen LogP contribution in [0.2, 0.25) is 0 Å². The molecule has 0 saturated carbocycles. The van der Waals surface area contributed by atoms with Crippen LogP contribution in [-0.2, 0) is 10.0 Å². The first-order valence-electron chi connectivity index (χ1n) is 5.76. The number of hydrogen-bond acceptors (Lipinski definition) is 3. The van der Waals surface area contributed by atoms with E-state index in [0.29, 0.717) is 18.6 Å². The molecule has 0 aliphatic carbocycles. The number of anilines is 1. The molecule has 1 aromatic carbocycles. The van der Waals surface area contributed by atoms with E-state index in [1.165, 1.54) is 0 Å². The summed E-state index contributed by atoms with van der Waals surface area (Å²) < 4.78 is 64.5. The number of halogens is 3. The van der Waals surface area contributed by atoms with Crippen molar-refractivity contribution in [2.24, 2.45) is 0 Å². The van der Waals surface area contributed by atoms with Crippen LogP contribution >= 0.6 is 0 Å². The Morgan fingerprint density at radius 2 is 1.89 bits per heavy atom. The molecule has 0 amide bonds. The van der Waals surface area contributed by atoms with Crippen molar-refractivity contribution in [2.45, 2.75) is 18.9 Å². The third-order valence-corrected chi connectivity index (χ3v) is 4.23.